The molecule has 0 spiro atoms. The first-order chi connectivity index (χ1) is 7.15. The number of rotatable bonds is 1. The highest BCUT2D eigenvalue weighted by Crippen LogP contribution is 2.57. The van der Waals surface area contributed by atoms with Gasteiger partial charge in [0.2, 0.25) is 0 Å². The molecule has 2 unspecified atom stereocenters. The summed E-state index contributed by atoms with van der Waals surface area (Å²) in [6.07, 6.45) is 0. The molecule has 1 aromatic heterocycles. The molecule has 1 heterocycles. The van der Waals surface area contributed by atoms with Crippen molar-refractivity contribution < 1.29 is 0 Å². The second-order valence-electron chi connectivity index (χ2n) is 6.65. The Morgan fingerprint density at radius 2 is 1.88 bits per heavy atom. The summed E-state index contributed by atoms with van der Waals surface area (Å²) in [4.78, 5) is 0. The Kier molecular flexibility index (Phi) is 2.26. The lowest BCUT2D eigenvalue weighted by Crippen LogP contribution is -2.12. The molecular formula is C13H23N3. The van der Waals surface area contributed by atoms with E-state index in [1.54, 1.807) is 0 Å². The molecule has 1 fully saturated rings. The van der Waals surface area contributed by atoms with Gasteiger partial charge in [-0.1, -0.05) is 34.6 Å². The Labute approximate surface area is 98.0 Å². The zero-order valence-electron chi connectivity index (χ0n) is 11.2. The summed E-state index contributed by atoms with van der Waals surface area (Å²) >= 11 is 0. The Balaban J connectivity index is 2.35. The van der Waals surface area contributed by atoms with E-state index in [2.05, 4.69) is 45.8 Å². The summed E-state index contributed by atoms with van der Waals surface area (Å²) in [5.74, 6) is 0.459. The van der Waals surface area contributed by atoms with Gasteiger partial charge in [-0.25, -0.2) is 0 Å². The standard InChI is InChI=1S/C13H23N3/c1-12(2,3)9-7-8(16(6)15-9)10-11(14)13(10,4)5/h7,10-11H,14H2,1-6H3. The van der Waals surface area contributed by atoms with E-state index in [1.807, 2.05) is 11.7 Å². The monoisotopic (exact) mass is 221 g/mol. The molecule has 3 heteroatoms. The normalized spacial score (nSPS) is 28.2. The fourth-order valence-corrected chi connectivity index (χ4v) is 2.38. The van der Waals surface area contributed by atoms with Crippen LogP contribution in [0.4, 0.5) is 0 Å². The van der Waals surface area contributed by atoms with Crippen molar-refractivity contribution in [3.63, 3.8) is 0 Å². The molecule has 1 saturated carbocycles. The highest BCUT2D eigenvalue weighted by atomic mass is 15.3. The van der Waals surface area contributed by atoms with Gasteiger partial charge in [-0.15, -0.1) is 0 Å². The van der Waals surface area contributed by atoms with E-state index >= 15 is 0 Å². The van der Waals surface area contributed by atoms with Crippen LogP contribution in [-0.2, 0) is 12.5 Å². The van der Waals surface area contributed by atoms with Crippen molar-refractivity contribution in [1.82, 2.24) is 9.78 Å². The van der Waals surface area contributed by atoms with Crippen LogP contribution in [0.15, 0.2) is 6.07 Å². The Bertz CT molecular complexity index is 409. The second-order valence-corrected chi connectivity index (χ2v) is 6.65. The predicted octanol–water partition coefficient (Wildman–Crippen LogP) is 2.17. The molecule has 0 aromatic carbocycles. The minimum atomic E-state index is 0.110. The summed E-state index contributed by atoms with van der Waals surface area (Å²) < 4.78 is 2.00. The lowest BCUT2D eigenvalue weighted by molar-refractivity contribution is 0.547. The average Bonchev–Trinajstić information content (AvgIpc) is 2.47. The fourth-order valence-electron chi connectivity index (χ4n) is 2.38. The Morgan fingerprint density at radius 3 is 2.19 bits per heavy atom. The van der Waals surface area contributed by atoms with Crippen LogP contribution in [0.2, 0.25) is 0 Å². The van der Waals surface area contributed by atoms with Gasteiger partial charge in [0.05, 0.1) is 5.69 Å². The molecule has 0 radical (unpaired) electrons. The first-order valence-corrected chi connectivity index (χ1v) is 5.95. The molecule has 0 saturated heterocycles. The highest BCUT2D eigenvalue weighted by molar-refractivity contribution is 5.32. The van der Waals surface area contributed by atoms with Gasteiger partial charge in [-0.3, -0.25) is 4.68 Å². The van der Waals surface area contributed by atoms with Gasteiger partial charge in [0.25, 0.3) is 0 Å². The summed E-state index contributed by atoms with van der Waals surface area (Å²) in [5, 5.41) is 4.60. The molecule has 90 valence electrons. The molecule has 0 amide bonds. The lowest BCUT2D eigenvalue weighted by Gasteiger charge is -2.13. The molecule has 3 nitrogen and oxygen atoms in total. The van der Waals surface area contributed by atoms with Gasteiger partial charge in [0.1, 0.15) is 0 Å². The average molecular weight is 221 g/mol. The minimum Gasteiger partial charge on any atom is -0.327 e. The lowest BCUT2D eigenvalue weighted by atomic mass is 9.92. The van der Waals surface area contributed by atoms with E-state index in [9.17, 15) is 0 Å². The number of hydrogen-bond acceptors (Lipinski definition) is 2. The molecule has 0 aliphatic heterocycles. The maximum atomic E-state index is 6.12. The van der Waals surface area contributed by atoms with E-state index < -0.39 is 0 Å². The second kappa shape index (κ2) is 3.10. The maximum absolute atomic E-state index is 6.12. The van der Waals surface area contributed by atoms with Gasteiger partial charge in [-0.2, -0.15) is 5.10 Å². The molecule has 0 bridgehead atoms. The minimum absolute atomic E-state index is 0.110. The Hall–Kier alpha value is -0.830. The number of hydrogen-bond donors (Lipinski definition) is 1. The summed E-state index contributed by atoms with van der Waals surface area (Å²) in [7, 11) is 2.02. The van der Waals surface area contributed by atoms with Crippen LogP contribution < -0.4 is 5.73 Å². The zero-order valence-corrected chi connectivity index (χ0v) is 11.2. The fraction of sp³-hybridized carbons (Fsp3) is 0.769. The smallest absolute Gasteiger partial charge is 0.0680 e. The molecule has 1 aliphatic rings. The number of nitrogens with zero attached hydrogens (tertiary/aromatic N) is 2. The van der Waals surface area contributed by atoms with Gasteiger partial charge < -0.3 is 5.73 Å². The van der Waals surface area contributed by atoms with Crippen LogP contribution >= 0.6 is 0 Å². The third kappa shape index (κ3) is 1.58. The van der Waals surface area contributed by atoms with Crippen molar-refractivity contribution in [2.45, 2.75) is 52.0 Å². The van der Waals surface area contributed by atoms with Crippen molar-refractivity contribution in [2.75, 3.05) is 0 Å². The molecule has 2 N–H and O–H groups in total. The summed E-state index contributed by atoms with van der Waals surface area (Å²) in [5.41, 5.74) is 8.89. The van der Waals surface area contributed by atoms with Crippen molar-refractivity contribution >= 4 is 0 Å². The quantitative estimate of drug-likeness (QED) is 0.790. The maximum Gasteiger partial charge on any atom is 0.0680 e. The van der Waals surface area contributed by atoms with E-state index in [-0.39, 0.29) is 16.9 Å². The van der Waals surface area contributed by atoms with Crippen LogP contribution in [0.1, 0.15) is 51.9 Å². The summed E-state index contributed by atoms with van der Waals surface area (Å²) in [6.45, 7) is 11.0. The Morgan fingerprint density at radius 1 is 1.38 bits per heavy atom. The highest BCUT2D eigenvalue weighted by Gasteiger charge is 2.57. The first-order valence-electron chi connectivity index (χ1n) is 5.95. The van der Waals surface area contributed by atoms with Crippen molar-refractivity contribution in [3.8, 4) is 0 Å². The molecule has 2 atom stereocenters. The van der Waals surface area contributed by atoms with Gasteiger partial charge in [0, 0.05) is 30.1 Å². The molecule has 2 rings (SSSR count). The van der Waals surface area contributed by atoms with Gasteiger partial charge >= 0.3 is 0 Å². The molecule has 16 heavy (non-hydrogen) atoms. The van der Waals surface area contributed by atoms with Crippen LogP contribution in [0.25, 0.3) is 0 Å². The van der Waals surface area contributed by atoms with Crippen LogP contribution in [-0.4, -0.2) is 15.8 Å². The van der Waals surface area contributed by atoms with Crippen molar-refractivity contribution in [1.29, 1.82) is 0 Å². The largest absolute Gasteiger partial charge is 0.327 e. The van der Waals surface area contributed by atoms with Gasteiger partial charge in [-0.05, 0) is 11.5 Å². The third-order valence-electron chi connectivity index (χ3n) is 3.91. The van der Waals surface area contributed by atoms with Crippen molar-refractivity contribution in [3.05, 3.63) is 17.5 Å². The van der Waals surface area contributed by atoms with Crippen molar-refractivity contribution in [2.24, 2.45) is 18.2 Å². The van der Waals surface area contributed by atoms with E-state index in [1.165, 1.54) is 5.69 Å². The third-order valence-corrected chi connectivity index (χ3v) is 3.91. The molecule has 1 aromatic rings. The van der Waals surface area contributed by atoms with E-state index in [4.69, 9.17) is 5.73 Å². The summed E-state index contributed by atoms with van der Waals surface area (Å²) in [6, 6.07) is 2.50. The topological polar surface area (TPSA) is 43.8 Å². The van der Waals surface area contributed by atoms with Gasteiger partial charge in [0.15, 0.2) is 0 Å². The first kappa shape index (κ1) is 11.6. The zero-order chi connectivity index (χ0) is 12.3. The molecule has 1 aliphatic carbocycles. The van der Waals surface area contributed by atoms with E-state index in [0.29, 0.717) is 5.92 Å². The van der Waals surface area contributed by atoms with Crippen LogP contribution in [0.5, 0.6) is 0 Å². The molecular weight excluding hydrogens is 198 g/mol. The number of nitrogens with two attached hydrogens (primary N) is 1. The number of aryl methyl sites for hydroxylation is 1. The predicted molar refractivity (Wildman–Crippen MR) is 66.4 cm³/mol. The van der Waals surface area contributed by atoms with Crippen LogP contribution in [0, 0.1) is 5.41 Å². The SMILES string of the molecule is Cn1nc(C(C)(C)C)cc1C1C(N)C1(C)C. The van der Waals surface area contributed by atoms with E-state index in [0.717, 1.165) is 5.69 Å². The van der Waals surface area contributed by atoms with Crippen LogP contribution in [0.3, 0.4) is 0 Å². The number of aromatic nitrogens is 2.